The molecule has 1 fully saturated rings. The number of para-hydroxylation sites is 1. The number of hydrogen-bond acceptors (Lipinski definition) is 6. The number of anilines is 2. The second kappa shape index (κ2) is 8.06. The first-order chi connectivity index (χ1) is 13.2. The molecule has 1 amide bonds. The molecule has 3 heterocycles. The van der Waals surface area contributed by atoms with Gasteiger partial charge in [-0.05, 0) is 23.6 Å². The van der Waals surface area contributed by atoms with E-state index >= 15 is 0 Å². The van der Waals surface area contributed by atoms with Crippen LogP contribution < -0.4 is 15.1 Å². The van der Waals surface area contributed by atoms with Crippen molar-refractivity contribution in [1.82, 2.24) is 10.3 Å². The van der Waals surface area contributed by atoms with Crippen LogP contribution in [0.4, 0.5) is 15.2 Å². The van der Waals surface area contributed by atoms with E-state index in [4.69, 9.17) is 0 Å². The van der Waals surface area contributed by atoms with Crippen molar-refractivity contribution in [2.45, 2.75) is 6.54 Å². The standard InChI is InChI=1S/C19H19FN4OS2/c20-15-5-1-2-6-17(15)23-7-9-24(10-8-23)19-22-16(13-27-19)18(25)21-12-14-4-3-11-26-14/h1-6,11,13H,7-10,12H2,(H,21,25). The third-order valence-corrected chi connectivity index (χ3v) is 6.25. The lowest BCUT2D eigenvalue weighted by Gasteiger charge is -2.36. The normalized spacial score (nSPS) is 14.4. The SMILES string of the molecule is O=C(NCc1cccs1)c1csc(N2CCN(c3ccccc3F)CC2)n1. The predicted octanol–water partition coefficient (Wildman–Crippen LogP) is 3.60. The van der Waals surface area contributed by atoms with E-state index in [2.05, 4.69) is 15.2 Å². The molecular formula is C19H19FN4OS2. The van der Waals surface area contributed by atoms with Gasteiger partial charge in [-0.25, -0.2) is 9.37 Å². The van der Waals surface area contributed by atoms with Crippen LogP contribution in [0.25, 0.3) is 0 Å². The number of piperazine rings is 1. The Kier molecular flexibility index (Phi) is 5.35. The van der Waals surface area contributed by atoms with Crippen LogP contribution in [0.1, 0.15) is 15.4 Å². The third kappa shape index (κ3) is 4.12. The van der Waals surface area contributed by atoms with Gasteiger partial charge in [0.15, 0.2) is 5.13 Å². The molecule has 27 heavy (non-hydrogen) atoms. The Balaban J connectivity index is 1.34. The quantitative estimate of drug-likeness (QED) is 0.708. The van der Waals surface area contributed by atoms with Gasteiger partial charge in [0.2, 0.25) is 0 Å². The van der Waals surface area contributed by atoms with Crippen molar-refractivity contribution in [2.24, 2.45) is 0 Å². The van der Waals surface area contributed by atoms with Crippen LogP contribution in [0.2, 0.25) is 0 Å². The van der Waals surface area contributed by atoms with Crippen LogP contribution in [-0.2, 0) is 6.54 Å². The highest BCUT2D eigenvalue weighted by atomic mass is 32.1. The van der Waals surface area contributed by atoms with Crippen LogP contribution in [-0.4, -0.2) is 37.1 Å². The highest BCUT2D eigenvalue weighted by Crippen LogP contribution is 2.25. The molecule has 1 aliphatic rings. The van der Waals surface area contributed by atoms with Crippen molar-refractivity contribution < 1.29 is 9.18 Å². The highest BCUT2D eigenvalue weighted by molar-refractivity contribution is 7.14. The van der Waals surface area contributed by atoms with Gasteiger partial charge in [-0.3, -0.25) is 4.79 Å². The van der Waals surface area contributed by atoms with Gasteiger partial charge in [0.25, 0.3) is 5.91 Å². The fraction of sp³-hybridized carbons (Fsp3) is 0.263. The Labute approximate surface area is 165 Å². The van der Waals surface area contributed by atoms with Crippen molar-refractivity contribution in [3.05, 3.63) is 63.5 Å². The number of aromatic nitrogens is 1. The average Bonchev–Trinajstić information content (AvgIpc) is 3.39. The molecule has 1 aliphatic heterocycles. The summed E-state index contributed by atoms with van der Waals surface area (Å²) in [6.07, 6.45) is 0. The topological polar surface area (TPSA) is 48.5 Å². The second-order valence-corrected chi connectivity index (χ2v) is 8.07. The lowest BCUT2D eigenvalue weighted by atomic mass is 10.2. The van der Waals surface area contributed by atoms with Crippen molar-refractivity contribution >= 4 is 39.4 Å². The number of carbonyl (C=O) groups is 1. The van der Waals surface area contributed by atoms with Crippen LogP contribution in [0.3, 0.4) is 0 Å². The summed E-state index contributed by atoms with van der Waals surface area (Å²) in [5, 5.41) is 7.52. The maximum atomic E-state index is 14.0. The monoisotopic (exact) mass is 402 g/mol. The summed E-state index contributed by atoms with van der Waals surface area (Å²) in [4.78, 5) is 22.1. The number of nitrogens with zero attached hydrogens (tertiary/aromatic N) is 3. The van der Waals surface area contributed by atoms with Gasteiger partial charge in [0.05, 0.1) is 12.2 Å². The zero-order chi connectivity index (χ0) is 18.6. The summed E-state index contributed by atoms with van der Waals surface area (Å²) < 4.78 is 14.0. The fourth-order valence-corrected chi connectivity index (χ4v) is 4.54. The molecule has 0 aliphatic carbocycles. The number of carbonyl (C=O) groups excluding carboxylic acids is 1. The van der Waals surface area contributed by atoms with E-state index in [1.165, 1.54) is 17.4 Å². The van der Waals surface area contributed by atoms with Crippen molar-refractivity contribution in [1.29, 1.82) is 0 Å². The van der Waals surface area contributed by atoms with Gasteiger partial charge in [-0.15, -0.1) is 22.7 Å². The first-order valence-corrected chi connectivity index (χ1v) is 10.5. The largest absolute Gasteiger partial charge is 0.366 e. The van der Waals surface area contributed by atoms with Gasteiger partial charge in [-0.1, -0.05) is 18.2 Å². The van der Waals surface area contributed by atoms with Gasteiger partial charge >= 0.3 is 0 Å². The highest BCUT2D eigenvalue weighted by Gasteiger charge is 2.22. The summed E-state index contributed by atoms with van der Waals surface area (Å²) in [6, 6.07) is 10.8. The zero-order valence-electron chi connectivity index (χ0n) is 14.6. The smallest absolute Gasteiger partial charge is 0.271 e. The van der Waals surface area contributed by atoms with Crippen LogP contribution in [0.5, 0.6) is 0 Å². The minimum atomic E-state index is -0.190. The Morgan fingerprint density at radius 3 is 2.59 bits per heavy atom. The Hall–Kier alpha value is -2.45. The summed E-state index contributed by atoms with van der Waals surface area (Å²) >= 11 is 3.09. The molecule has 1 N–H and O–H groups in total. The minimum Gasteiger partial charge on any atom is -0.366 e. The molecule has 0 spiro atoms. The first kappa shape index (κ1) is 17.9. The molecule has 0 saturated carbocycles. The number of thiazole rings is 1. The predicted molar refractivity (Wildman–Crippen MR) is 108 cm³/mol. The lowest BCUT2D eigenvalue weighted by molar-refractivity contribution is 0.0947. The maximum absolute atomic E-state index is 14.0. The van der Waals surface area contributed by atoms with Crippen molar-refractivity contribution in [3.8, 4) is 0 Å². The molecule has 2 aromatic heterocycles. The van der Waals surface area contributed by atoms with E-state index in [-0.39, 0.29) is 11.7 Å². The zero-order valence-corrected chi connectivity index (χ0v) is 16.2. The summed E-state index contributed by atoms with van der Waals surface area (Å²) in [6.45, 7) is 3.46. The van der Waals surface area contributed by atoms with Crippen LogP contribution in [0.15, 0.2) is 47.2 Å². The van der Waals surface area contributed by atoms with E-state index in [9.17, 15) is 9.18 Å². The van der Waals surface area contributed by atoms with E-state index in [0.717, 1.165) is 36.2 Å². The Morgan fingerprint density at radius 2 is 1.85 bits per heavy atom. The summed E-state index contributed by atoms with van der Waals surface area (Å²) in [5.74, 6) is -0.346. The van der Waals surface area contributed by atoms with Crippen LogP contribution in [0, 0.1) is 5.82 Å². The number of thiophene rings is 1. The summed E-state index contributed by atoms with van der Waals surface area (Å²) in [7, 11) is 0. The van der Waals surface area contributed by atoms with Gasteiger partial charge in [-0.2, -0.15) is 0 Å². The fourth-order valence-electron chi connectivity index (χ4n) is 3.03. The van der Waals surface area contributed by atoms with Gasteiger partial charge < -0.3 is 15.1 Å². The number of amides is 1. The molecule has 0 atom stereocenters. The van der Waals surface area contributed by atoms with Gasteiger partial charge in [0.1, 0.15) is 11.5 Å². The van der Waals surface area contributed by atoms with E-state index < -0.39 is 0 Å². The number of rotatable bonds is 5. The number of hydrogen-bond donors (Lipinski definition) is 1. The Bertz CT molecular complexity index is 904. The van der Waals surface area contributed by atoms with E-state index in [1.54, 1.807) is 22.8 Å². The molecule has 1 aromatic carbocycles. The molecule has 0 radical (unpaired) electrons. The molecule has 1 saturated heterocycles. The molecule has 140 valence electrons. The molecule has 0 bridgehead atoms. The molecule has 3 aromatic rings. The van der Waals surface area contributed by atoms with E-state index in [1.807, 2.05) is 34.5 Å². The second-order valence-electron chi connectivity index (χ2n) is 6.20. The molecule has 8 heteroatoms. The molecule has 5 nitrogen and oxygen atoms in total. The maximum Gasteiger partial charge on any atom is 0.271 e. The van der Waals surface area contributed by atoms with Crippen LogP contribution >= 0.6 is 22.7 Å². The minimum absolute atomic E-state index is 0.157. The molecular weight excluding hydrogens is 383 g/mol. The lowest BCUT2D eigenvalue weighted by Crippen LogP contribution is -2.46. The summed E-state index contributed by atoms with van der Waals surface area (Å²) in [5.41, 5.74) is 1.09. The number of benzene rings is 1. The van der Waals surface area contributed by atoms with E-state index in [0.29, 0.717) is 17.9 Å². The first-order valence-electron chi connectivity index (χ1n) is 8.71. The average molecular weight is 403 g/mol. The Morgan fingerprint density at radius 1 is 1.07 bits per heavy atom. The van der Waals surface area contributed by atoms with Crippen molar-refractivity contribution in [2.75, 3.05) is 36.0 Å². The van der Waals surface area contributed by atoms with Gasteiger partial charge in [0, 0.05) is 36.4 Å². The number of halogens is 1. The van der Waals surface area contributed by atoms with Crippen molar-refractivity contribution in [3.63, 3.8) is 0 Å². The number of nitrogens with one attached hydrogen (secondary N) is 1. The third-order valence-electron chi connectivity index (χ3n) is 4.47. The molecule has 0 unspecified atom stereocenters. The molecule has 4 rings (SSSR count).